The number of hydrogen-bond acceptors (Lipinski definition) is 5. The van der Waals surface area contributed by atoms with Crippen LogP contribution in [-0.4, -0.2) is 34.4 Å². The maximum absolute atomic E-state index is 11.2. The highest BCUT2D eigenvalue weighted by Crippen LogP contribution is 2.36. The summed E-state index contributed by atoms with van der Waals surface area (Å²) < 4.78 is 11.7. The number of nitrogens with one attached hydrogen (secondary N) is 1. The standard InChI is InChI=1S/C14H19BN2O4/c1-13(2)14(3,4)21-15(20-13)8-7-10-5-6-11(16-9-10)12(18)17-19/h5-9,19H,1-4H3,(H,17,18)/b8-7+. The van der Waals surface area contributed by atoms with Crippen molar-refractivity contribution in [1.82, 2.24) is 10.5 Å². The Hall–Kier alpha value is -1.70. The maximum Gasteiger partial charge on any atom is 0.487 e. The van der Waals surface area contributed by atoms with E-state index in [9.17, 15) is 4.79 Å². The average molecular weight is 290 g/mol. The van der Waals surface area contributed by atoms with Gasteiger partial charge in [-0.1, -0.05) is 18.1 Å². The second-order valence-electron chi connectivity index (χ2n) is 5.90. The number of nitrogens with zero attached hydrogens (tertiary/aromatic N) is 1. The van der Waals surface area contributed by atoms with Gasteiger partial charge < -0.3 is 9.31 Å². The Labute approximate surface area is 124 Å². The van der Waals surface area contributed by atoms with Gasteiger partial charge >= 0.3 is 7.12 Å². The van der Waals surface area contributed by atoms with Crippen LogP contribution in [-0.2, 0) is 9.31 Å². The molecule has 0 aromatic carbocycles. The van der Waals surface area contributed by atoms with Gasteiger partial charge in [-0.05, 0) is 39.3 Å². The first kappa shape index (κ1) is 15.7. The smallest absolute Gasteiger partial charge is 0.400 e. The number of hydrogen-bond donors (Lipinski definition) is 2. The van der Waals surface area contributed by atoms with Crippen LogP contribution in [0, 0.1) is 0 Å². The van der Waals surface area contributed by atoms with E-state index in [1.165, 1.54) is 17.7 Å². The van der Waals surface area contributed by atoms with E-state index in [0.29, 0.717) is 0 Å². The van der Waals surface area contributed by atoms with E-state index in [1.54, 1.807) is 12.0 Å². The normalized spacial score (nSPS) is 20.0. The molecule has 0 atom stereocenters. The zero-order valence-corrected chi connectivity index (χ0v) is 12.6. The van der Waals surface area contributed by atoms with Gasteiger partial charge in [0.25, 0.3) is 5.91 Å². The van der Waals surface area contributed by atoms with Crippen molar-refractivity contribution in [2.75, 3.05) is 0 Å². The van der Waals surface area contributed by atoms with Crippen molar-refractivity contribution in [3.63, 3.8) is 0 Å². The fourth-order valence-electron chi connectivity index (χ4n) is 1.85. The molecule has 1 fully saturated rings. The van der Waals surface area contributed by atoms with Crippen molar-refractivity contribution >= 4 is 19.1 Å². The molecule has 0 unspecified atom stereocenters. The third kappa shape index (κ3) is 3.32. The number of rotatable bonds is 3. The number of hydroxylamine groups is 1. The van der Waals surface area contributed by atoms with Crippen LogP contribution in [0.4, 0.5) is 0 Å². The van der Waals surface area contributed by atoms with Gasteiger partial charge in [0.1, 0.15) is 5.69 Å². The van der Waals surface area contributed by atoms with Crippen LogP contribution in [0.25, 0.3) is 6.08 Å². The summed E-state index contributed by atoms with van der Waals surface area (Å²) in [4.78, 5) is 15.1. The van der Waals surface area contributed by atoms with Crippen LogP contribution in [0.3, 0.4) is 0 Å². The molecule has 0 bridgehead atoms. The van der Waals surface area contributed by atoms with Gasteiger partial charge in [0.2, 0.25) is 0 Å². The molecule has 0 saturated carbocycles. The number of amides is 1. The first-order valence-corrected chi connectivity index (χ1v) is 6.69. The second-order valence-corrected chi connectivity index (χ2v) is 5.90. The fraction of sp³-hybridized carbons (Fsp3) is 0.429. The molecular weight excluding hydrogens is 271 g/mol. The quantitative estimate of drug-likeness (QED) is 0.504. The lowest BCUT2D eigenvalue weighted by Gasteiger charge is -2.32. The Bertz CT molecular complexity index is 539. The zero-order valence-electron chi connectivity index (χ0n) is 12.6. The minimum absolute atomic E-state index is 0.144. The molecule has 112 valence electrons. The molecule has 1 aliphatic heterocycles. The molecule has 1 aromatic heterocycles. The Balaban J connectivity index is 2.04. The zero-order chi connectivity index (χ0) is 15.7. The van der Waals surface area contributed by atoms with Crippen molar-refractivity contribution in [2.24, 2.45) is 0 Å². The minimum atomic E-state index is -0.642. The predicted molar refractivity (Wildman–Crippen MR) is 78.6 cm³/mol. The first-order chi connectivity index (χ1) is 9.75. The van der Waals surface area contributed by atoms with E-state index in [2.05, 4.69) is 4.98 Å². The third-order valence-corrected chi connectivity index (χ3v) is 3.84. The Kier molecular flexibility index (Phi) is 4.18. The summed E-state index contributed by atoms with van der Waals surface area (Å²) in [5.41, 5.74) is 1.74. The molecule has 1 aliphatic rings. The molecule has 2 heterocycles. The highest BCUT2D eigenvalue weighted by Gasteiger charge is 2.49. The average Bonchev–Trinajstić information content (AvgIpc) is 2.64. The van der Waals surface area contributed by atoms with Gasteiger partial charge in [-0.15, -0.1) is 0 Å². The lowest BCUT2D eigenvalue weighted by Crippen LogP contribution is -2.41. The van der Waals surface area contributed by atoms with E-state index in [4.69, 9.17) is 14.5 Å². The van der Waals surface area contributed by atoms with E-state index in [0.717, 1.165) is 5.56 Å². The maximum atomic E-state index is 11.2. The van der Waals surface area contributed by atoms with Gasteiger partial charge in [-0.25, -0.2) is 5.48 Å². The molecule has 21 heavy (non-hydrogen) atoms. The highest BCUT2D eigenvalue weighted by atomic mass is 16.7. The lowest BCUT2D eigenvalue weighted by molar-refractivity contribution is 0.00578. The summed E-state index contributed by atoms with van der Waals surface area (Å²) in [6.45, 7) is 7.96. The SMILES string of the molecule is CC1(C)OB(/C=C/c2ccc(C(=O)NO)nc2)OC1(C)C. The topological polar surface area (TPSA) is 80.7 Å². The van der Waals surface area contributed by atoms with Gasteiger partial charge in [0.05, 0.1) is 11.2 Å². The Morgan fingerprint density at radius 3 is 2.38 bits per heavy atom. The summed E-state index contributed by atoms with van der Waals surface area (Å²) in [6.07, 6.45) is 3.35. The molecule has 2 rings (SSSR count). The van der Waals surface area contributed by atoms with Crippen LogP contribution in [0.15, 0.2) is 24.3 Å². The van der Waals surface area contributed by atoms with Crippen LogP contribution >= 0.6 is 0 Å². The molecule has 1 aromatic rings. The molecule has 6 nitrogen and oxygen atoms in total. The van der Waals surface area contributed by atoms with E-state index in [-0.39, 0.29) is 16.9 Å². The van der Waals surface area contributed by atoms with Crippen LogP contribution in [0.2, 0.25) is 0 Å². The number of aromatic nitrogens is 1. The predicted octanol–water partition coefficient (Wildman–Crippen LogP) is 1.85. The van der Waals surface area contributed by atoms with Crippen molar-refractivity contribution in [3.05, 3.63) is 35.6 Å². The van der Waals surface area contributed by atoms with Crippen LogP contribution < -0.4 is 5.48 Å². The van der Waals surface area contributed by atoms with Crippen molar-refractivity contribution in [2.45, 2.75) is 38.9 Å². The molecular formula is C14H19BN2O4. The van der Waals surface area contributed by atoms with E-state index >= 15 is 0 Å². The number of carbonyl (C=O) groups excluding carboxylic acids is 1. The molecule has 0 aliphatic carbocycles. The van der Waals surface area contributed by atoms with E-state index in [1.807, 2.05) is 33.8 Å². The molecule has 0 radical (unpaired) electrons. The number of pyridine rings is 1. The highest BCUT2D eigenvalue weighted by molar-refractivity contribution is 6.52. The molecule has 0 spiro atoms. The van der Waals surface area contributed by atoms with Crippen molar-refractivity contribution < 1.29 is 19.3 Å². The lowest BCUT2D eigenvalue weighted by atomic mass is 9.89. The van der Waals surface area contributed by atoms with Gasteiger partial charge in [0.15, 0.2) is 0 Å². The summed E-state index contributed by atoms with van der Waals surface area (Å²) in [5.74, 6) is 1.16. The first-order valence-electron chi connectivity index (χ1n) is 6.69. The van der Waals surface area contributed by atoms with E-state index < -0.39 is 13.0 Å². The molecule has 7 heteroatoms. The largest absolute Gasteiger partial charge is 0.487 e. The fourth-order valence-corrected chi connectivity index (χ4v) is 1.85. The monoisotopic (exact) mass is 290 g/mol. The third-order valence-electron chi connectivity index (χ3n) is 3.84. The molecule has 1 saturated heterocycles. The van der Waals surface area contributed by atoms with Crippen LogP contribution in [0.1, 0.15) is 43.7 Å². The summed E-state index contributed by atoms with van der Waals surface area (Å²) in [5, 5.41) is 8.52. The molecule has 1 amide bonds. The van der Waals surface area contributed by atoms with Crippen molar-refractivity contribution in [1.29, 1.82) is 0 Å². The van der Waals surface area contributed by atoms with Gasteiger partial charge in [-0.3, -0.25) is 15.0 Å². The van der Waals surface area contributed by atoms with Crippen LogP contribution in [0.5, 0.6) is 0 Å². The summed E-state index contributed by atoms with van der Waals surface area (Å²) in [7, 11) is -0.421. The van der Waals surface area contributed by atoms with Crippen molar-refractivity contribution in [3.8, 4) is 0 Å². The Morgan fingerprint density at radius 1 is 1.29 bits per heavy atom. The Morgan fingerprint density at radius 2 is 1.90 bits per heavy atom. The summed E-state index contributed by atoms with van der Waals surface area (Å²) in [6, 6.07) is 3.24. The second kappa shape index (κ2) is 5.59. The number of carbonyl (C=O) groups is 1. The molecule has 2 N–H and O–H groups in total. The van der Waals surface area contributed by atoms with Gasteiger partial charge in [-0.2, -0.15) is 0 Å². The minimum Gasteiger partial charge on any atom is -0.400 e. The van der Waals surface area contributed by atoms with Gasteiger partial charge in [0, 0.05) is 6.20 Å². The summed E-state index contributed by atoms with van der Waals surface area (Å²) >= 11 is 0.